The zero-order valence-electron chi connectivity index (χ0n) is 21.2. The van der Waals surface area contributed by atoms with Gasteiger partial charge in [0.25, 0.3) is 5.56 Å². The van der Waals surface area contributed by atoms with Crippen LogP contribution in [0.4, 0.5) is 17.3 Å². The Morgan fingerprint density at radius 2 is 1.81 bits per heavy atom. The number of hydrogen-bond acceptors (Lipinski definition) is 8. The molecular weight excluding hydrogens is 468 g/mol. The number of aliphatic hydroxyl groups is 1. The second kappa shape index (κ2) is 9.69. The Hall–Kier alpha value is -4.20. The van der Waals surface area contributed by atoms with E-state index < -0.39 is 5.60 Å². The highest BCUT2D eigenvalue weighted by molar-refractivity contribution is 5.77. The predicted molar refractivity (Wildman–Crippen MR) is 144 cm³/mol. The van der Waals surface area contributed by atoms with Crippen molar-refractivity contribution in [2.75, 3.05) is 43.4 Å². The van der Waals surface area contributed by atoms with Crippen LogP contribution in [-0.4, -0.2) is 67.5 Å². The van der Waals surface area contributed by atoms with Crippen molar-refractivity contribution in [2.24, 2.45) is 0 Å². The minimum atomic E-state index is -1.16. The summed E-state index contributed by atoms with van der Waals surface area (Å²) in [7, 11) is 2.14. The van der Waals surface area contributed by atoms with Gasteiger partial charge in [0, 0.05) is 43.8 Å². The van der Waals surface area contributed by atoms with Crippen LogP contribution in [-0.2, 0) is 12.1 Å². The Labute approximate surface area is 215 Å². The molecule has 1 aliphatic heterocycles. The third kappa shape index (κ3) is 4.91. The summed E-state index contributed by atoms with van der Waals surface area (Å²) in [6.45, 7) is 7.42. The van der Waals surface area contributed by atoms with Gasteiger partial charge in [0.1, 0.15) is 17.5 Å². The molecule has 10 heteroatoms. The molecular formula is C27H30N8O2. The molecule has 0 atom stereocenters. The summed E-state index contributed by atoms with van der Waals surface area (Å²) in [6, 6.07) is 13.4. The molecule has 1 saturated heterocycles. The van der Waals surface area contributed by atoms with Crippen molar-refractivity contribution in [3.05, 3.63) is 64.7 Å². The van der Waals surface area contributed by atoms with E-state index in [9.17, 15) is 9.90 Å². The molecule has 190 valence electrons. The number of rotatable bonds is 6. The van der Waals surface area contributed by atoms with Gasteiger partial charge in [0.05, 0.1) is 5.69 Å². The highest BCUT2D eigenvalue weighted by Crippen LogP contribution is 2.23. The van der Waals surface area contributed by atoms with Gasteiger partial charge in [-0.3, -0.25) is 4.79 Å². The fourth-order valence-electron chi connectivity index (χ4n) is 4.38. The van der Waals surface area contributed by atoms with Crippen LogP contribution in [0.5, 0.6) is 0 Å². The first-order valence-electron chi connectivity index (χ1n) is 12.2. The normalized spacial score (nSPS) is 14.6. The maximum absolute atomic E-state index is 13.1. The highest BCUT2D eigenvalue weighted by atomic mass is 16.3. The van der Waals surface area contributed by atoms with E-state index in [0.717, 1.165) is 31.9 Å². The standard InChI is InChI=1S/C27H30N8O2/c1-5-13-34-25(36)21-18-28-26(29-19-9-11-20(12-10-19)33-16-14-32(4)15-17-33)31-24(21)35(34)23-8-6-7-22(30-23)27(2,3)37/h1,6-12,18,37H,13-17H2,2-4H3,(H,28,29,31). The van der Waals surface area contributed by atoms with Crippen molar-refractivity contribution in [2.45, 2.75) is 26.0 Å². The first-order valence-corrected chi connectivity index (χ1v) is 12.2. The summed E-state index contributed by atoms with van der Waals surface area (Å²) >= 11 is 0. The molecule has 1 fully saturated rings. The molecule has 5 rings (SSSR count). The first kappa shape index (κ1) is 24.5. The number of piperazine rings is 1. The largest absolute Gasteiger partial charge is 0.384 e. The summed E-state index contributed by atoms with van der Waals surface area (Å²) in [4.78, 5) is 31.4. The van der Waals surface area contributed by atoms with E-state index in [1.54, 1.807) is 36.7 Å². The SMILES string of the molecule is C#CCn1c(=O)c2cnc(Nc3ccc(N4CCN(C)CC4)cc3)nc2n1-c1cccc(C(C)(C)O)n1. The van der Waals surface area contributed by atoms with E-state index in [1.165, 1.54) is 16.6 Å². The Bertz CT molecular complexity index is 1520. The number of terminal acetylenes is 1. The maximum Gasteiger partial charge on any atom is 0.279 e. The Balaban J connectivity index is 1.50. The van der Waals surface area contributed by atoms with Crippen LogP contribution in [0.1, 0.15) is 19.5 Å². The van der Waals surface area contributed by atoms with Gasteiger partial charge >= 0.3 is 0 Å². The van der Waals surface area contributed by atoms with E-state index in [0.29, 0.717) is 28.5 Å². The average Bonchev–Trinajstić information content (AvgIpc) is 3.15. The van der Waals surface area contributed by atoms with Gasteiger partial charge in [-0.2, -0.15) is 4.98 Å². The summed E-state index contributed by atoms with van der Waals surface area (Å²) in [5, 5.41) is 14.0. The number of anilines is 3. The number of benzene rings is 1. The predicted octanol–water partition coefficient (Wildman–Crippen LogP) is 2.33. The topological polar surface area (TPSA) is 104 Å². The minimum Gasteiger partial charge on any atom is -0.384 e. The fraction of sp³-hybridized carbons (Fsp3) is 0.333. The molecule has 1 aromatic carbocycles. The molecule has 0 spiro atoms. The van der Waals surface area contributed by atoms with E-state index >= 15 is 0 Å². The van der Waals surface area contributed by atoms with Crippen molar-refractivity contribution in [1.82, 2.24) is 29.2 Å². The minimum absolute atomic E-state index is 0.0279. The van der Waals surface area contributed by atoms with Crippen LogP contribution in [0.3, 0.4) is 0 Å². The number of likely N-dealkylation sites (N-methyl/N-ethyl adjacent to an activating group) is 1. The van der Waals surface area contributed by atoms with Crippen LogP contribution >= 0.6 is 0 Å². The zero-order valence-corrected chi connectivity index (χ0v) is 21.2. The van der Waals surface area contributed by atoms with Crippen molar-refractivity contribution in [3.8, 4) is 18.2 Å². The van der Waals surface area contributed by atoms with Crippen molar-refractivity contribution >= 4 is 28.4 Å². The van der Waals surface area contributed by atoms with Crippen molar-refractivity contribution < 1.29 is 5.11 Å². The Morgan fingerprint density at radius 1 is 1.08 bits per heavy atom. The number of nitrogens with zero attached hydrogens (tertiary/aromatic N) is 7. The summed E-state index contributed by atoms with van der Waals surface area (Å²) in [5.74, 6) is 3.28. The molecule has 0 amide bonds. The number of nitrogens with one attached hydrogen (secondary N) is 1. The van der Waals surface area contributed by atoms with Crippen LogP contribution in [0, 0.1) is 12.3 Å². The van der Waals surface area contributed by atoms with Crippen LogP contribution < -0.4 is 15.8 Å². The second-order valence-electron chi connectivity index (χ2n) is 9.71. The molecule has 0 bridgehead atoms. The molecule has 4 aromatic rings. The molecule has 0 unspecified atom stereocenters. The molecule has 4 heterocycles. The van der Waals surface area contributed by atoms with Gasteiger partial charge < -0.3 is 20.2 Å². The lowest BCUT2D eigenvalue weighted by atomic mass is 10.1. The summed E-state index contributed by atoms with van der Waals surface area (Å²) in [5.41, 5.74) is 1.36. The lowest BCUT2D eigenvalue weighted by Gasteiger charge is -2.34. The van der Waals surface area contributed by atoms with Crippen molar-refractivity contribution in [1.29, 1.82) is 0 Å². The molecule has 0 radical (unpaired) electrons. The molecule has 0 saturated carbocycles. The van der Waals surface area contributed by atoms with Crippen LogP contribution in [0.25, 0.3) is 16.9 Å². The van der Waals surface area contributed by atoms with E-state index in [1.807, 2.05) is 12.1 Å². The fourth-order valence-corrected chi connectivity index (χ4v) is 4.38. The van der Waals surface area contributed by atoms with Crippen LogP contribution in [0.15, 0.2) is 53.5 Å². The monoisotopic (exact) mass is 498 g/mol. The lowest BCUT2D eigenvalue weighted by molar-refractivity contribution is 0.0738. The third-order valence-electron chi connectivity index (χ3n) is 6.49. The first-order chi connectivity index (χ1) is 17.7. The quantitative estimate of drug-likeness (QED) is 0.391. The maximum atomic E-state index is 13.1. The molecule has 10 nitrogen and oxygen atoms in total. The van der Waals surface area contributed by atoms with Crippen molar-refractivity contribution in [3.63, 3.8) is 0 Å². The van der Waals surface area contributed by atoms with Crippen LogP contribution in [0.2, 0.25) is 0 Å². The number of aromatic nitrogens is 5. The summed E-state index contributed by atoms with van der Waals surface area (Å²) < 4.78 is 2.97. The van der Waals surface area contributed by atoms with Gasteiger partial charge in [0.15, 0.2) is 11.5 Å². The van der Waals surface area contributed by atoms with E-state index in [-0.39, 0.29) is 12.1 Å². The Morgan fingerprint density at radius 3 is 2.49 bits per heavy atom. The number of hydrogen-bond donors (Lipinski definition) is 2. The smallest absolute Gasteiger partial charge is 0.279 e. The lowest BCUT2D eigenvalue weighted by Crippen LogP contribution is -2.44. The molecule has 1 aliphatic rings. The molecule has 2 N–H and O–H groups in total. The number of pyridine rings is 1. The molecule has 3 aromatic heterocycles. The van der Waals surface area contributed by atoms with E-state index in [4.69, 9.17) is 6.42 Å². The van der Waals surface area contributed by atoms with Gasteiger partial charge in [0.2, 0.25) is 5.95 Å². The van der Waals surface area contributed by atoms with Gasteiger partial charge in [-0.1, -0.05) is 12.0 Å². The molecule has 37 heavy (non-hydrogen) atoms. The third-order valence-corrected chi connectivity index (χ3v) is 6.49. The van der Waals surface area contributed by atoms with Gasteiger partial charge in [-0.05, 0) is 57.3 Å². The second-order valence-corrected chi connectivity index (χ2v) is 9.71. The van der Waals surface area contributed by atoms with Gasteiger partial charge in [-0.15, -0.1) is 6.42 Å². The van der Waals surface area contributed by atoms with Gasteiger partial charge in [-0.25, -0.2) is 19.3 Å². The zero-order chi connectivity index (χ0) is 26.2. The summed E-state index contributed by atoms with van der Waals surface area (Å²) in [6.07, 6.45) is 7.06. The molecule has 0 aliphatic carbocycles. The highest BCUT2D eigenvalue weighted by Gasteiger charge is 2.22. The van der Waals surface area contributed by atoms with E-state index in [2.05, 4.69) is 55.2 Å². The average molecular weight is 499 g/mol. The number of fused-ring (bicyclic) bond motifs is 1. The Kier molecular flexibility index (Phi) is 6.41.